The highest BCUT2D eigenvalue weighted by atomic mass is 32.2. The highest BCUT2D eigenvalue weighted by Crippen LogP contribution is 2.39. The van der Waals surface area contributed by atoms with Gasteiger partial charge in [-0.1, -0.05) is 54.6 Å². The number of para-hydroxylation sites is 1. The molecule has 4 rings (SSSR count). The third kappa shape index (κ3) is 5.39. The first-order chi connectivity index (χ1) is 15.8. The molecule has 1 atom stereocenters. The highest BCUT2D eigenvalue weighted by molar-refractivity contribution is 8.00. The van der Waals surface area contributed by atoms with Gasteiger partial charge in [0, 0.05) is 12.1 Å². The van der Waals surface area contributed by atoms with Crippen molar-refractivity contribution >= 4 is 29.3 Å². The highest BCUT2D eigenvalue weighted by Gasteiger charge is 2.34. The van der Waals surface area contributed by atoms with Crippen molar-refractivity contribution in [3.8, 4) is 0 Å². The van der Waals surface area contributed by atoms with Crippen molar-refractivity contribution in [2.45, 2.75) is 18.0 Å². The number of rotatable bonds is 6. The van der Waals surface area contributed by atoms with Crippen LogP contribution in [0.2, 0.25) is 0 Å². The molecule has 8 heteroatoms. The second-order valence-corrected chi connectivity index (χ2v) is 8.67. The van der Waals surface area contributed by atoms with Crippen LogP contribution in [0.25, 0.3) is 0 Å². The van der Waals surface area contributed by atoms with Crippen molar-refractivity contribution in [2.24, 2.45) is 0 Å². The van der Waals surface area contributed by atoms with Gasteiger partial charge in [-0.2, -0.15) is 13.2 Å². The summed E-state index contributed by atoms with van der Waals surface area (Å²) in [5.41, 5.74) is 1.06. The van der Waals surface area contributed by atoms with Gasteiger partial charge in [-0.3, -0.25) is 9.59 Å². The number of thioether (sulfide) groups is 1. The predicted octanol–water partition coefficient (Wildman–Crippen LogP) is 5.77. The molecule has 3 aromatic rings. The maximum Gasteiger partial charge on any atom is 0.418 e. The van der Waals surface area contributed by atoms with Crippen LogP contribution in [0.1, 0.15) is 32.4 Å². The van der Waals surface area contributed by atoms with Crippen molar-refractivity contribution in [3.05, 3.63) is 101 Å². The molecule has 0 spiro atoms. The molecule has 2 amide bonds. The fourth-order valence-corrected chi connectivity index (χ4v) is 4.92. The van der Waals surface area contributed by atoms with Gasteiger partial charge in [-0.15, -0.1) is 11.8 Å². The van der Waals surface area contributed by atoms with Gasteiger partial charge in [0.05, 0.1) is 17.0 Å². The number of nitrogens with zero attached hydrogens (tertiary/aromatic N) is 1. The Morgan fingerprint density at radius 2 is 1.64 bits per heavy atom. The third-order valence-electron chi connectivity index (χ3n) is 5.39. The maximum absolute atomic E-state index is 13.2. The summed E-state index contributed by atoms with van der Waals surface area (Å²) in [4.78, 5) is 26.8. The van der Waals surface area contributed by atoms with E-state index in [1.54, 1.807) is 24.3 Å². The van der Waals surface area contributed by atoms with Crippen LogP contribution >= 0.6 is 11.8 Å². The second-order valence-electron chi connectivity index (χ2n) is 7.61. The number of nitrogens with one attached hydrogen (secondary N) is 1. The quantitative estimate of drug-likeness (QED) is 0.497. The number of hydrogen-bond donors (Lipinski definition) is 1. The normalized spacial score (nSPS) is 16.2. The number of carbonyl (C=O) groups is 2. The van der Waals surface area contributed by atoms with Crippen LogP contribution in [0.15, 0.2) is 78.9 Å². The van der Waals surface area contributed by atoms with E-state index in [9.17, 15) is 22.8 Å². The SMILES string of the molecule is O=C(Nc1ccccc1C(F)(F)F)c1ccc(C2SCC(=O)N2CCc2ccccc2)cc1. The molecule has 1 fully saturated rings. The van der Waals surface area contributed by atoms with Gasteiger partial charge in [0.2, 0.25) is 5.91 Å². The zero-order valence-corrected chi connectivity index (χ0v) is 18.3. The van der Waals surface area contributed by atoms with Gasteiger partial charge in [-0.25, -0.2) is 0 Å². The molecule has 0 aliphatic carbocycles. The molecule has 170 valence electrons. The Balaban J connectivity index is 1.45. The molecule has 33 heavy (non-hydrogen) atoms. The molecule has 4 nitrogen and oxygen atoms in total. The van der Waals surface area contributed by atoms with E-state index >= 15 is 0 Å². The maximum atomic E-state index is 13.2. The Labute approximate surface area is 193 Å². The van der Waals surface area contributed by atoms with Crippen molar-refractivity contribution in [2.75, 3.05) is 17.6 Å². The molecule has 1 saturated heterocycles. The van der Waals surface area contributed by atoms with Crippen LogP contribution in [0.4, 0.5) is 18.9 Å². The summed E-state index contributed by atoms with van der Waals surface area (Å²) in [6, 6.07) is 21.4. The average molecular weight is 471 g/mol. The molecule has 3 aromatic carbocycles. The van der Waals surface area contributed by atoms with E-state index in [0.29, 0.717) is 12.3 Å². The van der Waals surface area contributed by atoms with Crippen molar-refractivity contribution < 1.29 is 22.8 Å². The lowest BCUT2D eigenvalue weighted by Gasteiger charge is -2.24. The fraction of sp³-hybridized carbons (Fsp3) is 0.200. The third-order valence-corrected chi connectivity index (χ3v) is 6.65. The summed E-state index contributed by atoms with van der Waals surface area (Å²) >= 11 is 1.52. The molecule has 0 radical (unpaired) electrons. The molecule has 1 aliphatic heterocycles. The first-order valence-electron chi connectivity index (χ1n) is 10.4. The van der Waals surface area contributed by atoms with E-state index in [1.807, 2.05) is 35.2 Å². The van der Waals surface area contributed by atoms with Crippen LogP contribution < -0.4 is 5.32 Å². The first kappa shape index (κ1) is 22.9. The number of alkyl halides is 3. The lowest BCUT2D eigenvalue weighted by Crippen LogP contribution is -2.30. The average Bonchev–Trinajstić information content (AvgIpc) is 3.18. The Hall–Kier alpha value is -3.26. The predicted molar refractivity (Wildman–Crippen MR) is 123 cm³/mol. The molecule has 1 N–H and O–H groups in total. The lowest BCUT2D eigenvalue weighted by atomic mass is 10.1. The van der Waals surface area contributed by atoms with Gasteiger partial charge in [0.25, 0.3) is 5.91 Å². The molecule has 1 aliphatic rings. The minimum Gasteiger partial charge on any atom is -0.326 e. The fourth-order valence-electron chi connectivity index (χ4n) is 3.70. The summed E-state index contributed by atoms with van der Waals surface area (Å²) in [5.74, 6) is -0.184. The number of amides is 2. The monoisotopic (exact) mass is 470 g/mol. The minimum atomic E-state index is -4.57. The van der Waals surface area contributed by atoms with E-state index in [-0.39, 0.29) is 22.5 Å². The summed E-state index contributed by atoms with van der Waals surface area (Å²) in [6.45, 7) is 0.580. The first-order valence-corrected chi connectivity index (χ1v) is 11.4. The number of hydrogen-bond acceptors (Lipinski definition) is 3. The van der Waals surface area contributed by atoms with Crippen LogP contribution in [0, 0.1) is 0 Å². The molecule has 0 aromatic heterocycles. The number of benzene rings is 3. The molecular weight excluding hydrogens is 449 g/mol. The van der Waals surface area contributed by atoms with E-state index < -0.39 is 17.6 Å². The number of anilines is 1. The summed E-state index contributed by atoms with van der Waals surface area (Å²) in [5, 5.41) is 2.19. The van der Waals surface area contributed by atoms with Gasteiger partial charge in [0.15, 0.2) is 0 Å². The zero-order valence-electron chi connectivity index (χ0n) is 17.5. The molecule has 1 unspecified atom stereocenters. The topological polar surface area (TPSA) is 49.4 Å². The van der Waals surface area contributed by atoms with Crippen molar-refractivity contribution in [1.29, 1.82) is 0 Å². The van der Waals surface area contributed by atoms with Crippen molar-refractivity contribution in [1.82, 2.24) is 4.90 Å². The van der Waals surface area contributed by atoms with Crippen LogP contribution in [0.3, 0.4) is 0 Å². The van der Waals surface area contributed by atoms with E-state index in [4.69, 9.17) is 0 Å². The standard InChI is InChI=1S/C25H21F3N2O2S/c26-25(27,28)20-8-4-5-9-21(20)29-23(32)18-10-12-19(13-11-18)24-30(22(31)16-33-24)15-14-17-6-2-1-3-7-17/h1-13,24H,14-16H2,(H,29,32). The van der Waals surface area contributed by atoms with Gasteiger partial charge >= 0.3 is 6.18 Å². The molecule has 1 heterocycles. The largest absolute Gasteiger partial charge is 0.418 e. The minimum absolute atomic E-state index is 0.0616. The van der Waals surface area contributed by atoms with E-state index in [0.717, 1.165) is 23.6 Å². The summed E-state index contributed by atoms with van der Waals surface area (Å²) < 4.78 is 39.5. The number of carbonyl (C=O) groups excluding carboxylic acids is 2. The Kier molecular flexibility index (Phi) is 6.74. The van der Waals surface area contributed by atoms with Gasteiger partial charge in [0.1, 0.15) is 5.37 Å². The number of halogens is 3. The van der Waals surface area contributed by atoms with Crippen LogP contribution in [-0.2, 0) is 17.4 Å². The zero-order chi connectivity index (χ0) is 23.4. The van der Waals surface area contributed by atoms with Crippen LogP contribution in [0.5, 0.6) is 0 Å². The Morgan fingerprint density at radius 3 is 2.33 bits per heavy atom. The Bertz CT molecular complexity index is 1130. The summed E-state index contributed by atoms with van der Waals surface area (Å²) in [6.07, 6.45) is -3.83. The summed E-state index contributed by atoms with van der Waals surface area (Å²) in [7, 11) is 0. The van der Waals surface area contributed by atoms with E-state index in [2.05, 4.69) is 5.32 Å². The molecular formula is C25H21F3N2O2S. The lowest BCUT2D eigenvalue weighted by molar-refractivity contribution is -0.137. The van der Waals surface area contributed by atoms with Crippen LogP contribution in [-0.4, -0.2) is 29.0 Å². The van der Waals surface area contributed by atoms with Crippen molar-refractivity contribution in [3.63, 3.8) is 0 Å². The Morgan fingerprint density at radius 1 is 0.970 bits per heavy atom. The molecule has 0 saturated carbocycles. The second kappa shape index (κ2) is 9.70. The smallest absolute Gasteiger partial charge is 0.326 e. The van der Waals surface area contributed by atoms with Gasteiger partial charge in [-0.05, 0) is 41.8 Å². The van der Waals surface area contributed by atoms with Gasteiger partial charge < -0.3 is 10.2 Å². The molecule has 0 bridgehead atoms. The van der Waals surface area contributed by atoms with E-state index in [1.165, 1.54) is 30.0 Å².